The van der Waals surface area contributed by atoms with Crippen molar-refractivity contribution in [2.24, 2.45) is 0 Å². The van der Waals surface area contributed by atoms with Gasteiger partial charge < -0.3 is 15.3 Å². The molecule has 2 N–H and O–H groups in total. The number of carboxylic acid groups (broad SMARTS) is 1. The standard InChI is InChI=1S/C13H17BrN2O3/c1-8-7-9(14)5-6-10(8)15-12(19)16(4)13(2,3)11(17)18/h5-7H,1-4H3,(H,15,19)(H,17,18). The molecule has 104 valence electrons. The smallest absolute Gasteiger partial charge is 0.329 e. The van der Waals surface area contributed by atoms with Gasteiger partial charge in [0.15, 0.2) is 0 Å². The number of rotatable bonds is 3. The molecular weight excluding hydrogens is 312 g/mol. The minimum Gasteiger partial charge on any atom is -0.480 e. The number of carbonyl (C=O) groups is 2. The van der Waals surface area contributed by atoms with Crippen molar-refractivity contribution < 1.29 is 14.7 Å². The Labute approximate surface area is 120 Å². The summed E-state index contributed by atoms with van der Waals surface area (Å²) in [5.41, 5.74) is 0.276. The van der Waals surface area contributed by atoms with Crippen LogP contribution in [0.1, 0.15) is 19.4 Å². The molecule has 1 aromatic rings. The molecule has 6 heteroatoms. The maximum atomic E-state index is 12.0. The summed E-state index contributed by atoms with van der Waals surface area (Å²) in [6.07, 6.45) is 0. The highest BCUT2D eigenvalue weighted by molar-refractivity contribution is 9.10. The molecule has 1 aromatic carbocycles. The number of hydrogen-bond acceptors (Lipinski definition) is 2. The molecule has 5 nitrogen and oxygen atoms in total. The van der Waals surface area contributed by atoms with Gasteiger partial charge in [-0.05, 0) is 44.5 Å². The summed E-state index contributed by atoms with van der Waals surface area (Å²) in [5, 5.41) is 11.8. The summed E-state index contributed by atoms with van der Waals surface area (Å²) in [6.45, 7) is 4.81. The van der Waals surface area contributed by atoms with E-state index in [1.54, 1.807) is 6.07 Å². The van der Waals surface area contributed by atoms with Crippen LogP contribution in [0.15, 0.2) is 22.7 Å². The Morgan fingerprint density at radius 3 is 2.42 bits per heavy atom. The summed E-state index contributed by atoms with van der Waals surface area (Å²) in [7, 11) is 1.46. The summed E-state index contributed by atoms with van der Waals surface area (Å²) < 4.78 is 0.919. The molecule has 0 aliphatic heterocycles. The van der Waals surface area contributed by atoms with Crippen molar-refractivity contribution in [3.63, 3.8) is 0 Å². The SMILES string of the molecule is Cc1cc(Br)ccc1NC(=O)N(C)C(C)(C)C(=O)O. The summed E-state index contributed by atoms with van der Waals surface area (Å²) in [6, 6.07) is 4.99. The molecule has 0 aromatic heterocycles. The summed E-state index contributed by atoms with van der Waals surface area (Å²) >= 11 is 3.34. The third kappa shape index (κ3) is 3.47. The molecule has 0 radical (unpaired) electrons. The Morgan fingerprint density at radius 2 is 1.95 bits per heavy atom. The van der Waals surface area contributed by atoms with Gasteiger partial charge in [0.25, 0.3) is 0 Å². The molecule has 0 spiro atoms. The number of hydrogen-bond donors (Lipinski definition) is 2. The number of carboxylic acids is 1. The van der Waals surface area contributed by atoms with E-state index in [1.165, 1.54) is 20.9 Å². The van der Waals surface area contributed by atoms with E-state index in [1.807, 2.05) is 19.1 Å². The van der Waals surface area contributed by atoms with Gasteiger partial charge in [0.05, 0.1) is 0 Å². The van der Waals surface area contributed by atoms with E-state index in [0.717, 1.165) is 14.9 Å². The molecule has 0 aliphatic rings. The Kier molecular flexibility index (Phi) is 4.57. The maximum absolute atomic E-state index is 12.0. The second-order valence-electron chi connectivity index (χ2n) is 4.81. The van der Waals surface area contributed by atoms with Gasteiger partial charge in [-0.3, -0.25) is 0 Å². The highest BCUT2D eigenvalue weighted by Gasteiger charge is 2.35. The van der Waals surface area contributed by atoms with Crippen LogP contribution in [0.5, 0.6) is 0 Å². The molecule has 0 aliphatic carbocycles. The minimum absolute atomic E-state index is 0.460. The van der Waals surface area contributed by atoms with E-state index in [0.29, 0.717) is 5.69 Å². The van der Waals surface area contributed by atoms with Gasteiger partial charge in [-0.2, -0.15) is 0 Å². The first kappa shape index (κ1) is 15.5. The van der Waals surface area contributed by atoms with Crippen molar-refractivity contribution in [2.45, 2.75) is 26.3 Å². The number of carbonyl (C=O) groups excluding carboxylic acids is 1. The zero-order chi connectivity index (χ0) is 14.8. The predicted octanol–water partition coefficient (Wildman–Crippen LogP) is 3.08. The van der Waals surface area contributed by atoms with Crippen molar-refractivity contribution in [1.82, 2.24) is 4.90 Å². The highest BCUT2D eigenvalue weighted by Crippen LogP contribution is 2.21. The molecule has 2 amide bonds. The van der Waals surface area contributed by atoms with E-state index in [4.69, 9.17) is 5.11 Å². The van der Waals surface area contributed by atoms with E-state index in [2.05, 4.69) is 21.2 Å². The monoisotopic (exact) mass is 328 g/mol. The van der Waals surface area contributed by atoms with Crippen LogP contribution < -0.4 is 5.32 Å². The predicted molar refractivity (Wildman–Crippen MR) is 77.4 cm³/mol. The van der Waals surface area contributed by atoms with E-state index in [9.17, 15) is 9.59 Å². The first-order chi connectivity index (χ1) is 8.66. The van der Waals surface area contributed by atoms with Crippen LogP contribution >= 0.6 is 15.9 Å². The average Bonchev–Trinajstić information content (AvgIpc) is 2.31. The molecule has 0 heterocycles. The van der Waals surface area contributed by atoms with Crippen molar-refractivity contribution in [1.29, 1.82) is 0 Å². The second-order valence-corrected chi connectivity index (χ2v) is 5.73. The van der Waals surface area contributed by atoms with Crippen LogP contribution in [0.2, 0.25) is 0 Å². The highest BCUT2D eigenvalue weighted by atomic mass is 79.9. The van der Waals surface area contributed by atoms with Crippen molar-refractivity contribution >= 4 is 33.6 Å². The van der Waals surface area contributed by atoms with E-state index in [-0.39, 0.29) is 0 Å². The van der Waals surface area contributed by atoms with Crippen LogP contribution in [-0.4, -0.2) is 34.6 Å². The number of urea groups is 1. The lowest BCUT2D eigenvalue weighted by Crippen LogP contribution is -2.52. The number of aliphatic carboxylic acids is 1. The number of nitrogens with one attached hydrogen (secondary N) is 1. The fraction of sp³-hybridized carbons (Fsp3) is 0.385. The van der Waals surface area contributed by atoms with Gasteiger partial charge in [-0.15, -0.1) is 0 Å². The number of benzene rings is 1. The Hall–Kier alpha value is -1.56. The van der Waals surface area contributed by atoms with Gasteiger partial charge in [0.1, 0.15) is 5.54 Å². The molecular formula is C13H17BrN2O3. The van der Waals surface area contributed by atoms with Gasteiger partial charge >= 0.3 is 12.0 Å². The normalized spacial score (nSPS) is 11.0. The molecule has 0 saturated carbocycles. The number of nitrogens with zero attached hydrogens (tertiary/aromatic N) is 1. The topological polar surface area (TPSA) is 69.6 Å². The molecule has 1 rings (SSSR count). The van der Waals surface area contributed by atoms with Crippen LogP contribution in [-0.2, 0) is 4.79 Å². The van der Waals surface area contributed by atoms with Crippen molar-refractivity contribution in [3.8, 4) is 0 Å². The Balaban J connectivity index is 2.88. The number of likely N-dealkylation sites (N-methyl/N-ethyl adjacent to an activating group) is 1. The maximum Gasteiger partial charge on any atom is 0.329 e. The number of halogens is 1. The molecule has 0 saturated heterocycles. The van der Waals surface area contributed by atoms with Crippen molar-refractivity contribution in [3.05, 3.63) is 28.2 Å². The zero-order valence-electron chi connectivity index (χ0n) is 11.3. The van der Waals surface area contributed by atoms with Gasteiger partial charge in [0.2, 0.25) is 0 Å². The molecule has 0 unspecified atom stereocenters. The molecule has 0 fully saturated rings. The zero-order valence-corrected chi connectivity index (χ0v) is 12.9. The van der Waals surface area contributed by atoms with Crippen LogP contribution in [0.3, 0.4) is 0 Å². The Morgan fingerprint density at radius 1 is 1.37 bits per heavy atom. The van der Waals surface area contributed by atoms with E-state index < -0.39 is 17.5 Å². The third-order valence-corrected chi connectivity index (χ3v) is 3.59. The first-order valence-electron chi connectivity index (χ1n) is 5.70. The summed E-state index contributed by atoms with van der Waals surface area (Å²) in [5.74, 6) is -1.06. The quantitative estimate of drug-likeness (QED) is 0.895. The molecule has 0 bridgehead atoms. The van der Waals surface area contributed by atoms with Crippen LogP contribution in [0.25, 0.3) is 0 Å². The third-order valence-electron chi connectivity index (χ3n) is 3.10. The van der Waals surface area contributed by atoms with Crippen LogP contribution in [0, 0.1) is 6.92 Å². The van der Waals surface area contributed by atoms with E-state index >= 15 is 0 Å². The number of amides is 2. The molecule has 19 heavy (non-hydrogen) atoms. The summed E-state index contributed by atoms with van der Waals surface area (Å²) in [4.78, 5) is 24.3. The Bertz CT molecular complexity index is 515. The fourth-order valence-corrected chi connectivity index (χ4v) is 1.84. The largest absolute Gasteiger partial charge is 0.480 e. The van der Waals surface area contributed by atoms with Gasteiger partial charge in [-0.1, -0.05) is 15.9 Å². The lowest BCUT2D eigenvalue weighted by molar-refractivity contribution is -0.146. The fourth-order valence-electron chi connectivity index (χ4n) is 1.36. The van der Waals surface area contributed by atoms with Gasteiger partial charge in [-0.25, -0.2) is 9.59 Å². The number of anilines is 1. The van der Waals surface area contributed by atoms with Gasteiger partial charge in [0, 0.05) is 17.2 Å². The number of aryl methyl sites for hydroxylation is 1. The molecule has 0 atom stereocenters. The lowest BCUT2D eigenvalue weighted by Gasteiger charge is -2.31. The van der Waals surface area contributed by atoms with Crippen molar-refractivity contribution in [2.75, 3.05) is 12.4 Å². The van der Waals surface area contributed by atoms with Crippen LogP contribution in [0.4, 0.5) is 10.5 Å². The minimum atomic E-state index is -1.27. The second kappa shape index (κ2) is 5.61. The first-order valence-corrected chi connectivity index (χ1v) is 6.50. The average molecular weight is 329 g/mol. The lowest BCUT2D eigenvalue weighted by atomic mass is 10.0.